The van der Waals surface area contributed by atoms with E-state index in [2.05, 4.69) is 19.0 Å². The predicted octanol–water partition coefficient (Wildman–Crippen LogP) is 1.79. The Balaban J connectivity index is 2.96. The first kappa shape index (κ1) is 13.1. The molecule has 0 amide bonds. The summed E-state index contributed by atoms with van der Waals surface area (Å²) in [6.07, 6.45) is 1.07. The summed E-state index contributed by atoms with van der Waals surface area (Å²) in [6.45, 7) is 1.08. The third-order valence-corrected chi connectivity index (χ3v) is 3.79. The van der Waals surface area contributed by atoms with Crippen LogP contribution in [-0.2, 0) is 4.79 Å². The van der Waals surface area contributed by atoms with Gasteiger partial charge in [-0.05, 0) is 20.5 Å². The van der Waals surface area contributed by atoms with Crippen LogP contribution in [0.2, 0.25) is 0 Å². The van der Waals surface area contributed by atoms with Gasteiger partial charge >= 0.3 is 5.97 Å². The minimum atomic E-state index is -0.695. The molecule has 0 heterocycles. The number of rotatable bonds is 8. The summed E-state index contributed by atoms with van der Waals surface area (Å²) in [6, 6.07) is 0. The third kappa shape index (κ3) is 12.1. The molecule has 0 aromatic carbocycles. The Morgan fingerprint density at radius 1 is 1.31 bits per heavy atom. The minimum absolute atomic E-state index is 0.293. The zero-order valence-electron chi connectivity index (χ0n) is 8.15. The molecule has 0 aliphatic carbocycles. The molecule has 0 aromatic rings. The van der Waals surface area contributed by atoms with Crippen molar-refractivity contribution in [2.45, 2.75) is 12.8 Å². The number of nitrogens with zero attached hydrogens (tertiary/aromatic N) is 1. The molecule has 0 aromatic heterocycles. The summed E-state index contributed by atoms with van der Waals surface area (Å²) >= 11 is 0. The Morgan fingerprint density at radius 3 is 2.46 bits per heavy atom. The summed E-state index contributed by atoms with van der Waals surface area (Å²) in [4.78, 5) is 12.3. The van der Waals surface area contributed by atoms with Crippen LogP contribution in [0.3, 0.4) is 0 Å². The van der Waals surface area contributed by atoms with Crippen molar-refractivity contribution in [3.8, 4) is 0 Å². The molecule has 0 aliphatic rings. The maximum absolute atomic E-state index is 10.2. The molecule has 78 valence electrons. The van der Waals surface area contributed by atoms with Crippen molar-refractivity contribution < 1.29 is 9.90 Å². The van der Waals surface area contributed by atoms with Gasteiger partial charge in [-0.3, -0.25) is 4.79 Å². The van der Waals surface area contributed by atoms with E-state index in [0.29, 0.717) is 6.42 Å². The van der Waals surface area contributed by atoms with Crippen LogP contribution in [0, 0.1) is 0 Å². The Labute approximate surface area is 87.7 Å². The van der Waals surface area contributed by atoms with E-state index >= 15 is 0 Å². The molecule has 0 radical (unpaired) electrons. The molecular weight excluding hydrogens is 206 g/mol. The van der Waals surface area contributed by atoms with E-state index in [-0.39, 0.29) is 0 Å². The van der Waals surface area contributed by atoms with Gasteiger partial charge in [0.2, 0.25) is 0 Å². The fraction of sp³-hybridized carbons (Fsp3) is 0.875. The van der Waals surface area contributed by atoms with Crippen LogP contribution in [0.1, 0.15) is 12.8 Å². The first-order chi connectivity index (χ1) is 6.13. The standard InChI is InChI=1S/C8H17NO2S2/c1-9(2)5-7-13-12-6-3-4-8(10)11/h3-7H2,1-2H3,(H,10,11). The summed E-state index contributed by atoms with van der Waals surface area (Å²) in [5.41, 5.74) is 0. The summed E-state index contributed by atoms with van der Waals surface area (Å²) in [5.74, 6) is 1.34. The fourth-order valence-corrected chi connectivity index (χ4v) is 2.84. The van der Waals surface area contributed by atoms with Gasteiger partial charge in [-0.25, -0.2) is 0 Å². The van der Waals surface area contributed by atoms with Crippen molar-refractivity contribution in [2.75, 3.05) is 32.1 Å². The second-order valence-electron chi connectivity index (χ2n) is 2.94. The lowest BCUT2D eigenvalue weighted by atomic mass is 10.3. The van der Waals surface area contributed by atoms with Crippen LogP contribution in [0.15, 0.2) is 0 Å². The first-order valence-corrected chi connectivity index (χ1v) is 6.72. The van der Waals surface area contributed by atoms with Crippen molar-refractivity contribution in [3.05, 3.63) is 0 Å². The van der Waals surface area contributed by atoms with E-state index in [1.807, 2.05) is 10.8 Å². The second-order valence-corrected chi connectivity index (χ2v) is 5.65. The number of hydrogen-bond acceptors (Lipinski definition) is 4. The Bertz CT molecular complexity index is 142. The van der Waals surface area contributed by atoms with Crippen molar-refractivity contribution in [3.63, 3.8) is 0 Å². The topological polar surface area (TPSA) is 40.5 Å². The van der Waals surface area contributed by atoms with Gasteiger partial charge in [0.25, 0.3) is 0 Å². The minimum Gasteiger partial charge on any atom is -0.481 e. The average molecular weight is 223 g/mol. The maximum atomic E-state index is 10.2. The van der Waals surface area contributed by atoms with Crippen molar-refractivity contribution in [1.29, 1.82) is 0 Å². The lowest BCUT2D eigenvalue weighted by Gasteiger charge is -2.07. The molecule has 3 nitrogen and oxygen atoms in total. The van der Waals surface area contributed by atoms with Gasteiger partial charge in [-0.1, -0.05) is 21.6 Å². The van der Waals surface area contributed by atoms with Crippen molar-refractivity contribution in [1.82, 2.24) is 4.90 Å². The Kier molecular flexibility index (Phi) is 8.80. The SMILES string of the molecule is CN(C)CCSSCCCC(=O)O. The van der Waals surface area contributed by atoms with E-state index in [1.165, 1.54) is 0 Å². The predicted molar refractivity (Wildman–Crippen MR) is 60.3 cm³/mol. The number of carboxylic acid groups (broad SMARTS) is 1. The Morgan fingerprint density at radius 2 is 1.92 bits per heavy atom. The molecule has 0 rings (SSSR count). The largest absolute Gasteiger partial charge is 0.481 e. The van der Waals surface area contributed by atoms with Crippen LogP contribution < -0.4 is 0 Å². The van der Waals surface area contributed by atoms with Gasteiger partial charge < -0.3 is 10.0 Å². The number of aliphatic carboxylic acids is 1. The van der Waals surface area contributed by atoms with E-state index in [1.54, 1.807) is 10.8 Å². The highest BCUT2D eigenvalue weighted by molar-refractivity contribution is 8.76. The molecule has 0 unspecified atom stereocenters. The van der Waals surface area contributed by atoms with Gasteiger partial charge in [0.05, 0.1) is 0 Å². The molecule has 1 N–H and O–H groups in total. The molecule has 13 heavy (non-hydrogen) atoms. The number of carboxylic acids is 1. The van der Waals surface area contributed by atoms with Gasteiger partial charge in [0, 0.05) is 24.5 Å². The average Bonchev–Trinajstić information content (AvgIpc) is 2.01. The lowest BCUT2D eigenvalue weighted by molar-refractivity contribution is -0.137. The highest BCUT2D eigenvalue weighted by atomic mass is 33.1. The highest BCUT2D eigenvalue weighted by Gasteiger charge is 1.97. The highest BCUT2D eigenvalue weighted by Crippen LogP contribution is 2.21. The molecular formula is C8H17NO2S2. The lowest BCUT2D eigenvalue weighted by Crippen LogP contribution is -2.14. The van der Waals surface area contributed by atoms with Gasteiger partial charge in [-0.2, -0.15) is 0 Å². The molecule has 0 atom stereocenters. The molecule has 5 heteroatoms. The van der Waals surface area contributed by atoms with Gasteiger partial charge in [0.1, 0.15) is 0 Å². The maximum Gasteiger partial charge on any atom is 0.303 e. The van der Waals surface area contributed by atoms with E-state index in [9.17, 15) is 4.79 Å². The zero-order valence-corrected chi connectivity index (χ0v) is 9.79. The summed E-state index contributed by atoms with van der Waals surface area (Å²) < 4.78 is 0. The second kappa shape index (κ2) is 8.72. The van der Waals surface area contributed by atoms with E-state index in [0.717, 1.165) is 24.5 Å². The number of hydrogen-bond donors (Lipinski definition) is 1. The molecule has 0 saturated heterocycles. The van der Waals surface area contributed by atoms with Crippen LogP contribution in [0.5, 0.6) is 0 Å². The molecule has 0 saturated carbocycles. The normalized spacial score (nSPS) is 10.7. The summed E-state index contributed by atoms with van der Waals surface area (Å²) in [5, 5.41) is 8.37. The molecule has 0 aliphatic heterocycles. The summed E-state index contributed by atoms with van der Waals surface area (Å²) in [7, 11) is 7.68. The quantitative estimate of drug-likeness (QED) is 0.502. The third-order valence-electron chi connectivity index (χ3n) is 1.32. The van der Waals surface area contributed by atoms with Crippen LogP contribution in [-0.4, -0.2) is 48.1 Å². The molecule has 0 spiro atoms. The monoisotopic (exact) mass is 223 g/mol. The molecule has 0 fully saturated rings. The Hall–Kier alpha value is 0.130. The van der Waals surface area contributed by atoms with Crippen LogP contribution in [0.4, 0.5) is 0 Å². The zero-order chi connectivity index (χ0) is 10.1. The smallest absolute Gasteiger partial charge is 0.303 e. The van der Waals surface area contributed by atoms with Crippen LogP contribution in [0.25, 0.3) is 0 Å². The van der Waals surface area contributed by atoms with Gasteiger partial charge in [0.15, 0.2) is 0 Å². The first-order valence-electron chi connectivity index (χ1n) is 4.24. The van der Waals surface area contributed by atoms with E-state index in [4.69, 9.17) is 5.11 Å². The van der Waals surface area contributed by atoms with Crippen molar-refractivity contribution >= 4 is 27.6 Å². The van der Waals surface area contributed by atoms with Gasteiger partial charge in [-0.15, -0.1) is 0 Å². The fourth-order valence-electron chi connectivity index (χ4n) is 0.620. The van der Waals surface area contributed by atoms with E-state index < -0.39 is 5.97 Å². The number of carbonyl (C=O) groups is 1. The van der Waals surface area contributed by atoms with Crippen molar-refractivity contribution in [2.24, 2.45) is 0 Å². The van der Waals surface area contributed by atoms with Crippen LogP contribution >= 0.6 is 21.6 Å². The molecule has 0 bridgehead atoms.